The molecule has 2 rings (SSSR count). The van der Waals surface area contributed by atoms with E-state index in [1.165, 1.54) is 0 Å². The Balaban J connectivity index is 0.000000145. The van der Waals surface area contributed by atoms with Gasteiger partial charge < -0.3 is 10.2 Å². The van der Waals surface area contributed by atoms with Crippen molar-refractivity contribution in [3.8, 4) is 0 Å². The van der Waals surface area contributed by atoms with E-state index in [0.29, 0.717) is 5.92 Å². The minimum atomic E-state index is -0.250. The van der Waals surface area contributed by atoms with Gasteiger partial charge in [0.1, 0.15) is 0 Å². The van der Waals surface area contributed by atoms with Gasteiger partial charge >= 0.3 is 0 Å². The van der Waals surface area contributed by atoms with Gasteiger partial charge in [-0.1, -0.05) is 13.8 Å². The minimum Gasteiger partial charge on any atom is -0.390 e. The van der Waals surface area contributed by atoms with Crippen molar-refractivity contribution in [1.29, 1.82) is 0 Å². The molecule has 0 aliphatic heterocycles. The van der Waals surface area contributed by atoms with Crippen molar-refractivity contribution in [2.75, 3.05) is 0 Å². The Morgan fingerprint density at radius 3 is 1.54 bits per heavy atom. The lowest BCUT2D eigenvalue weighted by atomic mass is 10.1. The molecule has 0 aromatic rings. The predicted octanol–water partition coefficient (Wildman–Crippen LogP) is 2.09. The van der Waals surface area contributed by atoms with Gasteiger partial charge in [-0.3, -0.25) is 0 Å². The molecule has 0 radical (unpaired) electrons. The topological polar surface area (TPSA) is 40.5 Å². The SMILES string of the molecule is CC(C)CC1(O)CC1.CC1(O)CC1. The summed E-state index contributed by atoms with van der Waals surface area (Å²) in [5, 5.41) is 17.9. The molecule has 0 amide bonds. The highest BCUT2D eigenvalue weighted by Gasteiger charge is 2.40. The lowest BCUT2D eigenvalue weighted by Gasteiger charge is -2.08. The first-order valence-corrected chi connectivity index (χ1v) is 5.28. The predicted molar refractivity (Wildman–Crippen MR) is 53.5 cm³/mol. The second-order valence-electron chi connectivity index (χ2n) is 5.32. The van der Waals surface area contributed by atoms with E-state index in [9.17, 15) is 5.11 Å². The zero-order valence-electron chi connectivity index (χ0n) is 9.01. The molecule has 2 aliphatic carbocycles. The molecule has 2 aliphatic rings. The highest BCUT2D eigenvalue weighted by molar-refractivity contribution is 4.93. The molecule has 0 aromatic carbocycles. The first-order valence-electron chi connectivity index (χ1n) is 5.28. The van der Waals surface area contributed by atoms with Crippen LogP contribution in [0.4, 0.5) is 0 Å². The summed E-state index contributed by atoms with van der Waals surface area (Å²) in [5.74, 6) is 0.655. The van der Waals surface area contributed by atoms with Crippen LogP contribution < -0.4 is 0 Å². The van der Waals surface area contributed by atoms with Crippen LogP contribution in [0.15, 0.2) is 0 Å². The lowest BCUT2D eigenvalue weighted by Crippen LogP contribution is -2.09. The van der Waals surface area contributed by atoms with Crippen molar-refractivity contribution in [3.05, 3.63) is 0 Å². The number of hydrogen-bond donors (Lipinski definition) is 2. The molecule has 0 heterocycles. The first kappa shape index (κ1) is 11.0. The zero-order chi connectivity index (χ0) is 10.1. The molecule has 2 fully saturated rings. The van der Waals surface area contributed by atoms with Crippen LogP contribution in [0.25, 0.3) is 0 Å². The Hall–Kier alpha value is -0.0800. The van der Waals surface area contributed by atoms with E-state index < -0.39 is 0 Å². The Kier molecular flexibility index (Phi) is 3.03. The molecule has 13 heavy (non-hydrogen) atoms. The molecule has 2 heteroatoms. The highest BCUT2D eigenvalue weighted by atomic mass is 16.3. The fraction of sp³-hybridized carbons (Fsp3) is 1.00. The maximum Gasteiger partial charge on any atom is 0.0652 e. The molecule has 2 nitrogen and oxygen atoms in total. The average molecular weight is 186 g/mol. The van der Waals surface area contributed by atoms with E-state index in [4.69, 9.17) is 5.11 Å². The highest BCUT2D eigenvalue weighted by Crippen LogP contribution is 2.40. The number of hydrogen-bond acceptors (Lipinski definition) is 2. The maximum absolute atomic E-state index is 9.30. The largest absolute Gasteiger partial charge is 0.390 e. The summed E-state index contributed by atoms with van der Waals surface area (Å²) in [6.07, 6.45) is 5.07. The van der Waals surface area contributed by atoms with Crippen molar-refractivity contribution in [2.24, 2.45) is 5.92 Å². The second kappa shape index (κ2) is 3.58. The van der Waals surface area contributed by atoms with Crippen molar-refractivity contribution >= 4 is 0 Å². The summed E-state index contributed by atoms with van der Waals surface area (Å²) < 4.78 is 0. The molecule has 0 saturated heterocycles. The molecule has 0 bridgehead atoms. The van der Waals surface area contributed by atoms with E-state index in [1.54, 1.807) is 0 Å². The molecule has 0 spiro atoms. The van der Waals surface area contributed by atoms with Crippen LogP contribution in [0.1, 0.15) is 52.9 Å². The van der Waals surface area contributed by atoms with Crippen LogP contribution in [0.2, 0.25) is 0 Å². The van der Waals surface area contributed by atoms with Gasteiger partial charge in [-0.25, -0.2) is 0 Å². The van der Waals surface area contributed by atoms with Gasteiger partial charge in [0.25, 0.3) is 0 Å². The van der Waals surface area contributed by atoms with Crippen LogP contribution in [0, 0.1) is 5.92 Å². The van der Waals surface area contributed by atoms with Gasteiger partial charge in [0.2, 0.25) is 0 Å². The van der Waals surface area contributed by atoms with Crippen LogP contribution in [0.3, 0.4) is 0 Å². The van der Waals surface area contributed by atoms with Crippen molar-refractivity contribution in [1.82, 2.24) is 0 Å². The number of rotatable bonds is 2. The minimum absolute atomic E-state index is 0.228. The van der Waals surface area contributed by atoms with E-state index in [2.05, 4.69) is 13.8 Å². The molecule has 2 saturated carbocycles. The Labute approximate surface area is 81.0 Å². The fourth-order valence-corrected chi connectivity index (χ4v) is 1.29. The smallest absolute Gasteiger partial charge is 0.0652 e. The van der Waals surface area contributed by atoms with E-state index in [1.807, 2.05) is 6.92 Å². The van der Waals surface area contributed by atoms with Crippen LogP contribution >= 0.6 is 0 Å². The van der Waals surface area contributed by atoms with Crippen LogP contribution in [0.5, 0.6) is 0 Å². The molecule has 0 aromatic heterocycles. The quantitative estimate of drug-likeness (QED) is 0.693. The Morgan fingerprint density at radius 1 is 1.08 bits per heavy atom. The third-order valence-corrected chi connectivity index (χ3v) is 2.59. The molecule has 0 atom stereocenters. The van der Waals surface area contributed by atoms with Gasteiger partial charge in [0, 0.05) is 0 Å². The van der Waals surface area contributed by atoms with Crippen LogP contribution in [-0.4, -0.2) is 21.4 Å². The third-order valence-electron chi connectivity index (χ3n) is 2.59. The van der Waals surface area contributed by atoms with E-state index >= 15 is 0 Å². The van der Waals surface area contributed by atoms with E-state index in [0.717, 1.165) is 32.1 Å². The lowest BCUT2D eigenvalue weighted by molar-refractivity contribution is 0.124. The third kappa shape index (κ3) is 5.27. The molecule has 0 unspecified atom stereocenters. The van der Waals surface area contributed by atoms with Gasteiger partial charge in [0.15, 0.2) is 0 Å². The standard InChI is InChI=1S/C7H14O.C4H8O/c1-6(2)5-7(8)3-4-7;1-4(5)2-3-4/h6,8H,3-5H2,1-2H3;5H,2-3H2,1H3. The Morgan fingerprint density at radius 2 is 1.46 bits per heavy atom. The summed E-state index contributed by atoms with van der Waals surface area (Å²) in [4.78, 5) is 0. The molecule has 78 valence electrons. The van der Waals surface area contributed by atoms with Gasteiger partial charge in [-0.2, -0.15) is 0 Å². The summed E-state index contributed by atoms with van der Waals surface area (Å²) in [7, 11) is 0. The normalized spacial score (nSPS) is 26.3. The summed E-state index contributed by atoms with van der Waals surface area (Å²) in [5.41, 5.74) is -0.478. The summed E-state index contributed by atoms with van der Waals surface area (Å²) in [6, 6.07) is 0. The Bertz CT molecular complexity index is 163. The van der Waals surface area contributed by atoms with Gasteiger partial charge in [-0.15, -0.1) is 0 Å². The molecular formula is C11H22O2. The van der Waals surface area contributed by atoms with Crippen molar-refractivity contribution in [2.45, 2.75) is 64.1 Å². The van der Waals surface area contributed by atoms with Crippen molar-refractivity contribution < 1.29 is 10.2 Å². The van der Waals surface area contributed by atoms with Gasteiger partial charge in [0.05, 0.1) is 11.2 Å². The van der Waals surface area contributed by atoms with Crippen molar-refractivity contribution in [3.63, 3.8) is 0 Å². The molecular weight excluding hydrogens is 164 g/mol. The second-order valence-corrected chi connectivity index (χ2v) is 5.32. The summed E-state index contributed by atoms with van der Waals surface area (Å²) in [6.45, 7) is 6.15. The fourth-order valence-electron chi connectivity index (χ4n) is 1.29. The number of aliphatic hydroxyl groups is 2. The average Bonchev–Trinajstić information content (AvgIpc) is 2.77. The maximum atomic E-state index is 9.30. The van der Waals surface area contributed by atoms with E-state index in [-0.39, 0.29) is 11.2 Å². The molecule has 2 N–H and O–H groups in total. The first-order chi connectivity index (χ1) is 5.83. The van der Waals surface area contributed by atoms with Gasteiger partial charge in [-0.05, 0) is 44.9 Å². The summed E-state index contributed by atoms with van der Waals surface area (Å²) >= 11 is 0. The van der Waals surface area contributed by atoms with Crippen LogP contribution in [-0.2, 0) is 0 Å². The zero-order valence-corrected chi connectivity index (χ0v) is 9.01. The monoisotopic (exact) mass is 186 g/mol.